The zero-order valence-electron chi connectivity index (χ0n) is 14.2. The van der Waals surface area contributed by atoms with Gasteiger partial charge in [-0.25, -0.2) is 0 Å². The molecule has 0 radical (unpaired) electrons. The minimum atomic E-state index is -0.151. The summed E-state index contributed by atoms with van der Waals surface area (Å²) in [6, 6.07) is 18.5. The number of amides is 1. The molecule has 0 aliphatic rings. The van der Waals surface area contributed by atoms with Gasteiger partial charge in [0, 0.05) is 19.3 Å². The third-order valence-electron chi connectivity index (χ3n) is 4.10. The van der Waals surface area contributed by atoms with Gasteiger partial charge in [-0.2, -0.15) is 5.10 Å². The Balaban J connectivity index is 1.65. The molecule has 2 aromatic carbocycles. The lowest BCUT2D eigenvalue weighted by atomic mass is 10.0. The summed E-state index contributed by atoms with van der Waals surface area (Å²) >= 11 is 0. The fraction of sp³-hybridized carbons (Fsp3) is 0.200. The number of hydrogen-bond acceptors (Lipinski definition) is 2. The van der Waals surface area contributed by atoms with E-state index in [9.17, 15) is 4.79 Å². The Kier molecular flexibility index (Phi) is 4.47. The minimum Gasteiger partial charge on any atom is -0.347 e. The molecule has 0 bridgehead atoms. The van der Waals surface area contributed by atoms with Crippen LogP contribution >= 0.6 is 0 Å². The Morgan fingerprint density at radius 3 is 2.42 bits per heavy atom. The molecular weight excluding hydrogens is 298 g/mol. The molecule has 0 aliphatic heterocycles. The van der Waals surface area contributed by atoms with Crippen LogP contribution in [0.25, 0.3) is 11.1 Å². The lowest BCUT2D eigenvalue weighted by molar-refractivity contribution is 0.0945. The number of benzene rings is 2. The highest BCUT2D eigenvalue weighted by atomic mass is 16.1. The van der Waals surface area contributed by atoms with Crippen molar-refractivity contribution in [1.29, 1.82) is 0 Å². The number of nitrogens with one attached hydrogen (secondary N) is 1. The first-order valence-electron chi connectivity index (χ1n) is 7.98. The minimum absolute atomic E-state index is 0.151. The zero-order chi connectivity index (χ0) is 17.1. The van der Waals surface area contributed by atoms with Crippen LogP contribution in [0.3, 0.4) is 0 Å². The normalized spacial score (nSPS) is 10.6. The van der Waals surface area contributed by atoms with Crippen LogP contribution < -0.4 is 5.32 Å². The predicted octanol–water partition coefficient (Wildman–Crippen LogP) is 3.63. The highest BCUT2D eigenvalue weighted by molar-refractivity contribution is 5.92. The van der Waals surface area contributed by atoms with Gasteiger partial charge < -0.3 is 5.32 Å². The fourth-order valence-corrected chi connectivity index (χ4v) is 2.58. The smallest absolute Gasteiger partial charge is 0.272 e. The molecule has 4 heteroatoms. The van der Waals surface area contributed by atoms with Crippen molar-refractivity contribution >= 4 is 5.91 Å². The van der Waals surface area contributed by atoms with Crippen LogP contribution in [0.2, 0.25) is 0 Å². The van der Waals surface area contributed by atoms with Gasteiger partial charge in [-0.05, 0) is 36.6 Å². The summed E-state index contributed by atoms with van der Waals surface area (Å²) in [5.74, 6) is -0.151. The Labute approximate surface area is 142 Å². The van der Waals surface area contributed by atoms with E-state index in [0.717, 1.165) is 11.3 Å². The lowest BCUT2D eigenvalue weighted by Crippen LogP contribution is -2.23. The Morgan fingerprint density at radius 1 is 1.04 bits per heavy atom. The second kappa shape index (κ2) is 6.71. The third kappa shape index (κ3) is 3.54. The molecule has 122 valence electrons. The molecule has 0 fully saturated rings. The van der Waals surface area contributed by atoms with Crippen LogP contribution in [0.15, 0.2) is 54.6 Å². The van der Waals surface area contributed by atoms with E-state index in [-0.39, 0.29) is 5.91 Å². The van der Waals surface area contributed by atoms with Gasteiger partial charge in [-0.15, -0.1) is 0 Å². The van der Waals surface area contributed by atoms with Crippen LogP contribution in [-0.4, -0.2) is 15.7 Å². The molecule has 0 saturated heterocycles. The van der Waals surface area contributed by atoms with Gasteiger partial charge in [0.2, 0.25) is 0 Å². The van der Waals surface area contributed by atoms with Crippen molar-refractivity contribution in [1.82, 2.24) is 15.1 Å². The van der Waals surface area contributed by atoms with Crippen molar-refractivity contribution in [3.63, 3.8) is 0 Å². The van der Waals surface area contributed by atoms with Crippen molar-refractivity contribution < 1.29 is 4.79 Å². The maximum atomic E-state index is 12.1. The highest BCUT2D eigenvalue weighted by Gasteiger charge is 2.10. The van der Waals surface area contributed by atoms with Crippen LogP contribution in [0, 0.1) is 13.8 Å². The average molecular weight is 319 g/mol. The molecule has 1 aromatic heterocycles. The van der Waals surface area contributed by atoms with Crippen LogP contribution in [0.1, 0.15) is 27.3 Å². The molecule has 1 amide bonds. The van der Waals surface area contributed by atoms with Gasteiger partial charge in [0.25, 0.3) is 5.91 Å². The molecule has 0 saturated carbocycles. The molecule has 0 aliphatic carbocycles. The number of hydrogen-bond donors (Lipinski definition) is 1. The van der Waals surface area contributed by atoms with Gasteiger partial charge in [0.15, 0.2) is 0 Å². The number of aryl methyl sites for hydroxylation is 3. The van der Waals surface area contributed by atoms with Crippen LogP contribution in [-0.2, 0) is 13.6 Å². The molecule has 3 aromatic rings. The van der Waals surface area contributed by atoms with Crippen molar-refractivity contribution in [3.8, 4) is 11.1 Å². The Bertz CT molecular complexity index is 843. The monoisotopic (exact) mass is 319 g/mol. The zero-order valence-corrected chi connectivity index (χ0v) is 14.2. The molecule has 1 heterocycles. The largest absolute Gasteiger partial charge is 0.347 e. The van der Waals surface area contributed by atoms with E-state index in [2.05, 4.69) is 53.7 Å². The fourth-order valence-electron chi connectivity index (χ4n) is 2.58. The molecule has 4 nitrogen and oxygen atoms in total. The van der Waals surface area contributed by atoms with E-state index < -0.39 is 0 Å². The summed E-state index contributed by atoms with van der Waals surface area (Å²) in [7, 11) is 1.83. The molecule has 0 atom stereocenters. The number of rotatable bonds is 4. The molecule has 24 heavy (non-hydrogen) atoms. The summed E-state index contributed by atoms with van der Waals surface area (Å²) in [4.78, 5) is 12.1. The van der Waals surface area contributed by atoms with Crippen LogP contribution in [0.4, 0.5) is 0 Å². The molecule has 1 N–H and O–H groups in total. The van der Waals surface area contributed by atoms with Crippen molar-refractivity contribution in [2.75, 3.05) is 0 Å². The van der Waals surface area contributed by atoms with Crippen molar-refractivity contribution in [3.05, 3.63) is 77.1 Å². The van der Waals surface area contributed by atoms with Gasteiger partial charge >= 0.3 is 0 Å². The van der Waals surface area contributed by atoms with Crippen molar-refractivity contribution in [2.24, 2.45) is 7.05 Å². The summed E-state index contributed by atoms with van der Waals surface area (Å²) in [5, 5.41) is 7.10. The van der Waals surface area contributed by atoms with E-state index in [0.29, 0.717) is 12.2 Å². The predicted molar refractivity (Wildman–Crippen MR) is 95.7 cm³/mol. The first-order valence-corrected chi connectivity index (χ1v) is 7.98. The average Bonchev–Trinajstić information content (AvgIpc) is 2.92. The first kappa shape index (κ1) is 16.0. The van der Waals surface area contributed by atoms with E-state index in [4.69, 9.17) is 0 Å². The number of nitrogens with zero attached hydrogens (tertiary/aromatic N) is 2. The second-order valence-corrected chi connectivity index (χ2v) is 6.04. The topological polar surface area (TPSA) is 46.9 Å². The highest BCUT2D eigenvalue weighted by Crippen LogP contribution is 2.20. The van der Waals surface area contributed by atoms with Gasteiger partial charge in [0.05, 0.1) is 0 Å². The maximum absolute atomic E-state index is 12.1. The molecule has 0 unspecified atom stereocenters. The Hall–Kier alpha value is -2.88. The Morgan fingerprint density at radius 2 is 1.79 bits per heavy atom. The molecule has 3 rings (SSSR count). The summed E-state index contributed by atoms with van der Waals surface area (Å²) < 4.78 is 1.70. The lowest BCUT2D eigenvalue weighted by Gasteiger charge is -2.06. The van der Waals surface area contributed by atoms with E-state index >= 15 is 0 Å². The number of carbonyl (C=O) groups excluding carboxylic acids is 1. The summed E-state index contributed by atoms with van der Waals surface area (Å²) in [6.07, 6.45) is 0. The van der Waals surface area contributed by atoms with E-state index in [1.165, 1.54) is 16.7 Å². The van der Waals surface area contributed by atoms with E-state index in [1.54, 1.807) is 10.7 Å². The second-order valence-electron chi connectivity index (χ2n) is 6.04. The van der Waals surface area contributed by atoms with Crippen LogP contribution in [0.5, 0.6) is 0 Å². The van der Waals surface area contributed by atoms with Gasteiger partial charge in [-0.3, -0.25) is 9.48 Å². The molecule has 0 spiro atoms. The number of carbonyl (C=O) groups is 1. The summed E-state index contributed by atoms with van der Waals surface area (Å²) in [6.45, 7) is 4.50. The molecular formula is C20H21N3O. The van der Waals surface area contributed by atoms with E-state index in [1.807, 2.05) is 26.1 Å². The first-order chi connectivity index (χ1) is 11.5. The summed E-state index contributed by atoms with van der Waals surface area (Å²) in [5.41, 5.74) is 6.10. The third-order valence-corrected chi connectivity index (χ3v) is 4.10. The SMILES string of the molecule is Cc1cccc(-c2ccc(CNC(=O)c3cc(C)n(C)n3)cc2)c1. The van der Waals surface area contributed by atoms with Gasteiger partial charge in [0.1, 0.15) is 5.69 Å². The number of aromatic nitrogens is 2. The maximum Gasteiger partial charge on any atom is 0.272 e. The quantitative estimate of drug-likeness (QED) is 0.798. The van der Waals surface area contributed by atoms with Gasteiger partial charge in [-0.1, -0.05) is 54.1 Å². The standard InChI is InChI=1S/C20H21N3O/c1-14-5-4-6-18(11-14)17-9-7-16(8-10-17)13-21-20(24)19-12-15(2)23(3)22-19/h4-12H,13H2,1-3H3,(H,21,24). The van der Waals surface area contributed by atoms with Crippen molar-refractivity contribution in [2.45, 2.75) is 20.4 Å².